The molecule has 0 aromatic heterocycles. The zero-order chi connectivity index (χ0) is 18.0. The Balaban J connectivity index is 1.67. The molecule has 2 aromatic carbocycles. The highest BCUT2D eigenvalue weighted by Gasteiger charge is 2.13. The monoisotopic (exact) mass is 337 g/mol. The zero-order valence-electron chi connectivity index (χ0n) is 15.1. The molecule has 0 fully saturated rings. The smallest absolute Gasteiger partial charge is 0.244 e. The van der Waals surface area contributed by atoms with Crippen molar-refractivity contribution in [2.75, 3.05) is 6.79 Å². The summed E-state index contributed by atoms with van der Waals surface area (Å²) in [4.78, 5) is 12.2. The normalized spacial score (nSPS) is 13.9. The van der Waals surface area contributed by atoms with Gasteiger partial charge in [0.25, 0.3) is 0 Å². The molecule has 1 N–H and O–H groups in total. The molecule has 4 heteroatoms. The highest BCUT2D eigenvalue weighted by atomic mass is 16.7. The summed E-state index contributed by atoms with van der Waals surface area (Å²) in [6.45, 7) is 8.52. The number of hydrogen-bond donors (Lipinski definition) is 1. The molecule has 3 rings (SSSR count). The Morgan fingerprint density at radius 2 is 1.76 bits per heavy atom. The standard InChI is InChI=1S/C21H23NO3/c1-13-9-15(3)18(10-14(13)2)16(4)22-21(23)8-6-17-5-7-19-20(11-17)25-12-24-19/h5-11,16H,12H2,1-4H3,(H,22,23)/b8-6+/t16-/m0/s1. The second-order valence-corrected chi connectivity index (χ2v) is 6.47. The van der Waals surface area contributed by atoms with E-state index in [1.807, 2.05) is 25.1 Å². The van der Waals surface area contributed by atoms with Crippen molar-refractivity contribution >= 4 is 12.0 Å². The molecule has 1 aliphatic rings. The van der Waals surface area contributed by atoms with Crippen LogP contribution in [0.3, 0.4) is 0 Å². The first-order valence-corrected chi connectivity index (χ1v) is 8.40. The number of ether oxygens (including phenoxy) is 2. The average molecular weight is 337 g/mol. The van der Waals surface area contributed by atoms with Gasteiger partial charge in [0.2, 0.25) is 12.7 Å². The van der Waals surface area contributed by atoms with Gasteiger partial charge in [-0.15, -0.1) is 0 Å². The van der Waals surface area contributed by atoms with Crippen LogP contribution in [0.5, 0.6) is 11.5 Å². The highest BCUT2D eigenvalue weighted by Crippen LogP contribution is 2.32. The summed E-state index contributed by atoms with van der Waals surface area (Å²) in [6, 6.07) is 9.87. The summed E-state index contributed by atoms with van der Waals surface area (Å²) in [5.74, 6) is 1.32. The van der Waals surface area contributed by atoms with E-state index in [4.69, 9.17) is 9.47 Å². The first-order valence-electron chi connectivity index (χ1n) is 8.40. The lowest BCUT2D eigenvalue weighted by molar-refractivity contribution is -0.117. The van der Waals surface area contributed by atoms with Crippen LogP contribution in [-0.4, -0.2) is 12.7 Å². The molecule has 0 spiro atoms. The van der Waals surface area contributed by atoms with Gasteiger partial charge in [-0.1, -0.05) is 18.2 Å². The number of nitrogens with one attached hydrogen (secondary N) is 1. The zero-order valence-corrected chi connectivity index (χ0v) is 15.1. The Morgan fingerprint density at radius 3 is 2.56 bits per heavy atom. The third-order valence-electron chi connectivity index (χ3n) is 4.53. The molecule has 0 radical (unpaired) electrons. The third kappa shape index (κ3) is 3.85. The second-order valence-electron chi connectivity index (χ2n) is 6.47. The molecule has 0 bridgehead atoms. The summed E-state index contributed by atoms with van der Waals surface area (Å²) in [7, 11) is 0. The van der Waals surface area contributed by atoms with Gasteiger partial charge in [-0.3, -0.25) is 4.79 Å². The van der Waals surface area contributed by atoms with Gasteiger partial charge in [0, 0.05) is 6.08 Å². The van der Waals surface area contributed by atoms with Crippen molar-refractivity contribution in [3.63, 3.8) is 0 Å². The molecular formula is C21H23NO3. The lowest BCUT2D eigenvalue weighted by Crippen LogP contribution is -2.25. The van der Waals surface area contributed by atoms with Crippen molar-refractivity contribution in [2.45, 2.75) is 33.7 Å². The van der Waals surface area contributed by atoms with Crippen LogP contribution in [0.4, 0.5) is 0 Å². The van der Waals surface area contributed by atoms with E-state index in [1.165, 1.54) is 16.7 Å². The summed E-state index contributed by atoms with van der Waals surface area (Å²) >= 11 is 0. The molecule has 2 aromatic rings. The van der Waals surface area contributed by atoms with Gasteiger partial charge < -0.3 is 14.8 Å². The largest absolute Gasteiger partial charge is 0.454 e. The minimum absolute atomic E-state index is 0.0480. The maximum absolute atomic E-state index is 12.2. The molecule has 1 heterocycles. The first kappa shape index (κ1) is 17.1. The Bertz CT molecular complexity index is 839. The Hall–Kier alpha value is -2.75. The fraction of sp³-hybridized carbons (Fsp3) is 0.286. The van der Waals surface area contributed by atoms with Crippen molar-refractivity contribution < 1.29 is 14.3 Å². The quantitative estimate of drug-likeness (QED) is 0.849. The van der Waals surface area contributed by atoms with Gasteiger partial charge in [0.15, 0.2) is 11.5 Å². The van der Waals surface area contributed by atoms with Gasteiger partial charge in [0.1, 0.15) is 0 Å². The molecular weight excluding hydrogens is 314 g/mol. The van der Waals surface area contributed by atoms with Crippen LogP contribution in [0, 0.1) is 20.8 Å². The summed E-state index contributed by atoms with van der Waals surface area (Å²) < 4.78 is 10.6. The molecule has 1 atom stereocenters. The fourth-order valence-electron chi connectivity index (χ4n) is 2.98. The van der Waals surface area contributed by atoms with E-state index in [0.29, 0.717) is 5.75 Å². The maximum atomic E-state index is 12.2. The molecule has 0 saturated heterocycles. The first-order chi connectivity index (χ1) is 11.9. The molecule has 1 aliphatic heterocycles. The van der Waals surface area contributed by atoms with Gasteiger partial charge >= 0.3 is 0 Å². The van der Waals surface area contributed by atoms with Crippen molar-refractivity contribution in [3.8, 4) is 11.5 Å². The molecule has 0 aliphatic carbocycles. The number of rotatable bonds is 4. The number of hydrogen-bond acceptors (Lipinski definition) is 3. The average Bonchev–Trinajstić information content (AvgIpc) is 3.03. The van der Waals surface area contributed by atoms with Crippen molar-refractivity contribution in [1.29, 1.82) is 0 Å². The fourth-order valence-corrected chi connectivity index (χ4v) is 2.98. The van der Waals surface area contributed by atoms with Crippen LogP contribution in [0.1, 0.15) is 40.8 Å². The van der Waals surface area contributed by atoms with E-state index in [2.05, 4.69) is 38.2 Å². The number of fused-ring (bicyclic) bond motifs is 1. The minimum atomic E-state index is -0.122. The molecule has 0 unspecified atom stereocenters. The topological polar surface area (TPSA) is 47.6 Å². The van der Waals surface area contributed by atoms with Crippen LogP contribution >= 0.6 is 0 Å². The number of carbonyl (C=O) groups is 1. The van der Waals surface area contributed by atoms with Crippen LogP contribution in [0.15, 0.2) is 36.4 Å². The predicted molar refractivity (Wildman–Crippen MR) is 98.8 cm³/mol. The van der Waals surface area contributed by atoms with E-state index < -0.39 is 0 Å². The number of benzene rings is 2. The molecule has 130 valence electrons. The van der Waals surface area contributed by atoms with Gasteiger partial charge in [-0.05, 0) is 73.7 Å². The van der Waals surface area contributed by atoms with Crippen molar-refractivity contribution in [1.82, 2.24) is 5.32 Å². The van der Waals surface area contributed by atoms with Crippen LogP contribution in [-0.2, 0) is 4.79 Å². The maximum Gasteiger partial charge on any atom is 0.244 e. The number of aryl methyl sites for hydroxylation is 3. The van der Waals surface area contributed by atoms with E-state index >= 15 is 0 Å². The van der Waals surface area contributed by atoms with E-state index in [0.717, 1.165) is 16.9 Å². The van der Waals surface area contributed by atoms with Gasteiger partial charge in [-0.2, -0.15) is 0 Å². The van der Waals surface area contributed by atoms with E-state index in [-0.39, 0.29) is 18.7 Å². The SMILES string of the molecule is Cc1cc(C)c([C@H](C)NC(=O)/C=C/c2ccc3c(c2)OCO3)cc1C. The molecule has 0 saturated carbocycles. The molecule has 4 nitrogen and oxygen atoms in total. The molecule has 1 amide bonds. The number of carbonyl (C=O) groups excluding carboxylic acids is 1. The summed E-state index contributed by atoms with van der Waals surface area (Å²) in [5, 5.41) is 3.02. The Kier molecular flexibility index (Phi) is 4.79. The second kappa shape index (κ2) is 7.01. The van der Waals surface area contributed by atoms with Crippen LogP contribution < -0.4 is 14.8 Å². The van der Waals surface area contributed by atoms with Crippen molar-refractivity contribution in [2.24, 2.45) is 0 Å². The van der Waals surface area contributed by atoms with Crippen molar-refractivity contribution in [3.05, 3.63) is 64.2 Å². The minimum Gasteiger partial charge on any atom is -0.454 e. The Labute approximate surface area is 148 Å². The van der Waals surface area contributed by atoms with Gasteiger partial charge in [-0.25, -0.2) is 0 Å². The van der Waals surface area contributed by atoms with Crippen LogP contribution in [0.25, 0.3) is 6.08 Å². The lowest BCUT2D eigenvalue weighted by Gasteiger charge is -2.17. The van der Waals surface area contributed by atoms with E-state index in [9.17, 15) is 4.79 Å². The van der Waals surface area contributed by atoms with Crippen LogP contribution in [0.2, 0.25) is 0 Å². The Morgan fingerprint density at radius 1 is 1.04 bits per heavy atom. The lowest BCUT2D eigenvalue weighted by atomic mass is 9.96. The number of amides is 1. The molecule has 25 heavy (non-hydrogen) atoms. The highest BCUT2D eigenvalue weighted by molar-refractivity contribution is 5.92. The van der Waals surface area contributed by atoms with Gasteiger partial charge in [0.05, 0.1) is 6.04 Å². The summed E-state index contributed by atoms with van der Waals surface area (Å²) in [6.07, 6.45) is 3.32. The third-order valence-corrected chi connectivity index (χ3v) is 4.53. The predicted octanol–water partition coefficient (Wildman–Crippen LogP) is 4.23. The summed E-state index contributed by atoms with van der Waals surface area (Å²) in [5.41, 5.74) is 5.73. The van der Waals surface area contributed by atoms with E-state index in [1.54, 1.807) is 12.2 Å².